The van der Waals surface area contributed by atoms with E-state index in [1.165, 1.54) is 15.6 Å². The Bertz CT molecular complexity index is 1020. The van der Waals surface area contributed by atoms with Gasteiger partial charge >= 0.3 is 0 Å². The number of anilines is 1. The number of carbonyl (C=O) groups is 2. The van der Waals surface area contributed by atoms with Crippen LogP contribution in [-0.2, 0) is 11.3 Å². The molecule has 2 amide bonds. The van der Waals surface area contributed by atoms with Crippen LogP contribution in [0.3, 0.4) is 0 Å². The molecule has 0 unspecified atom stereocenters. The molecule has 3 aromatic rings. The number of benzene rings is 2. The summed E-state index contributed by atoms with van der Waals surface area (Å²) in [5, 5.41) is 6.40. The zero-order valence-electron chi connectivity index (χ0n) is 16.1. The minimum absolute atomic E-state index is 0.129. The van der Waals surface area contributed by atoms with Gasteiger partial charge in [-0.1, -0.05) is 30.3 Å². The topological polar surface area (TPSA) is 78.7 Å². The maximum atomic E-state index is 12.4. The summed E-state index contributed by atoms with van der Waals surface area (Å²) >= 11 is 1.79. The number of para-hydroxylation sites is 1. The average Bonchev–Trinajstić information content (AvgIpc) is 3.12. The number of rotatable bonds is 6. The number of hydrogen-bond acceptors (Lipinski definition) is 5. The van der Waals surface area contributed by atoms with Gasteiger partial charge in [0.15, 0.2) is 0 Å². The third-order valence-electron chi connectivity index (χ3n) is 5.25. The molecule has 0 atom stereocenters. The molecule has 1 aliphatic heterocycles. The average molecular weight is 409 g/mol. The van der Waals surface area contributed by atoms with Crippen LogP contribution in [0.2, 0.25) is 0 Å². The molecule has 2 heterocycles. The first-order valence-corrected chi connectivity index (χ1v) is 10.6. The van der Waals surface area contributed by atoms with Crippen LogP contribution in [0.15, 0.2) is 53.9 Å². The highest BCUT2D eigenvalue weighted by atomic mass is 32.1. The zero-order valence-corrected chi connectivity index (χ0v) is 17.0. The summed E-state index contributed by atoms with van der Waals surface area (Å²) in [7, 11) is 0. The van der Waals surface area contributed by atoms with Crippen LogP contribution in [0.25, 0.3) is 10.1 Å². The molecule has 0 saturated carbocycles. The summed E-state index contributed by atoms with van der Waals surface area (Å²) < 4.78 is 1.33. The van der Waals surface area contributed by atoms with Crippen molar-refractivity contribution in [1.82, 2.24) is 9.80 Å². The van der Waals surface area contributed by atoms with Crippen LogP contribution in [0.1, 0.15) is 15.9 Å². The van der Waals surface area contributed by atoms with Crippen molar-refractivity contribution in [3.8, 4) is 0 Å². The molecule has 3 N–H and O–H groups in total. The monoisotopic (exact) mass is 408 g/mol. The second-order valence-corrected chi connectivity index (χ2v) is 8.18. The zero-order chi connectivity index (χ0) is 20.2. The Morgan fingerprint density at radius 1 is 0.966 bits per heavy atom. The van der Waals surface area contributed by atoms with Gasteiger partial charge in [-0.2, -0.15) is 0 Å². The quantitative estimate of drug-likeness (QED) is 0.657. The number of amides is 2. The fourth-order valence-corrected chi connectivity index (χ4v) is 4.66. The highest BCUT2D eigenvalue weighted by molar-refractivity contribution is 7.17. The van der Waals surface area contributed by atoms with E-state index in [2.05, 4.69) is 44.8 Å². The van der Waals surface area contributed by atoms with Gasteiger partial charge in [0.25, 0.3) is 5.91 Å². The number of nitrogens with two attached hydrogens (primary N) is 1. The number of piperazine rings is 1. The van der Waals surface area contributed by atoms with Crippen LogP contribution in [0.4, 0.5) is 5.69 Å². The van der Waals surface area contributed by atoms with Gasteiger partial charge in [-0.05, 0) is 34.5 Å². The molecule has 7 heteroatoms. The summed E-state index contributed by atoms with van der Waals surface area (Å²) in [6.07, 6.45) is 0. The minimum atomic E-state index is -0.546. The lowest BCUT2D eigenvalue weighted by Crippen LogP contribution is -2.48. The molecule has 0 aliphatic carbocycles. The maximum Gasteiger partial charge on any atom is 0.250 e. The van der Waals surface area contributed by atoms with Gasteiger partial charge in [-0.25, -0.2) is 0 Å². The number of nitrogens with zero attached hydrogens (tertiary/aromatic N) is 2. The molecule has 2 aromatic carbocycles. The number of carbonyl (C=O) groups excluding carboxylic acids is 2. The van der Waals surface area contributed by atoms with Gasteiger partial charge in [0, 0.05) is 37.4 Å². The third-order valence-corrected chi connectivity index (χ3v) is 6.27. The summed E-state index contributed by atoms with van der Waals surface area (Å²) in [5.41, 5.74) is 7.54. The molecule has 1 aromatic heterocycles. The Morgan fingerprint density at radius 2 is 1.66 bits per heavy atom. The number of thiophene rings is 1. The van der Waals surface area contributed by atoms with Crippen LogP contribution in [0, 0.1) is 0 Å². The fourth-order valence-electron chi connectivity index (χ4n) is 3.70. The lowest BCUT2D eigenvalue weighted by Gasteiger charge is -2.34. The Hall–Kier alpha value is -2.74. The Kier molecular flexibility index (Phi) is 5.89. The van der Waals surface area contributed by atoms with Gasteiger partial charge in [-0.15, -0.1) is 11.3 Å². The van der Waals surface area contributed by atoms with E-state index in [9.17, 15) is 9.59 Å². The molecular formula is C22H24N4O2S. The van der Waals surface area contributed by atoms with Crippen molar-refractivity contribution < 1.29 is 9.59 Å². The van der Waals surface area contributed by atoms with Crippen molar-refractivity contribution in [1.29, 1.82) is 0 Å². The summed E-state index contributed by atoms with van der Waals surface area (Å²) in [6.45, 7) is 4.78. The number of fused-ring (bicyclic) bond motifs is 1. The van der Waals surface area contributed by atoms with Crippen molar-refractivity contribution in [2.75, 3.05) is 38.0 Å². The van der Waals surface area contributed by atoms with Gasteiger partial charge in [-0.3, -0.25) is 19.4 Å². The Balaban J connectivity index is 1.29. The predicted octanol–water partition coefficient (Wildman–Crippen LogP) is 2.76. The largest absolute Gasteiger partial charge is 0.366 e. The van der Waals surface area contributed by atoms with Crippen molar-refractivity contribution >= 4 is 38.9 Å². The van der Waals surface area contributed by atoms with E-state index in [1.807, 2.05) is 0 Å². The molecule has 6 nitrogen and oxygen atoms in total. The Labute approximate surface area is 173 Å². The standard InChI is InChI=1S/C22H24N4O2S/c23-22(28)18-6-1-3-7-19(18)24-21(27)14-26-11-9-25(10-12-26)13-16-15-29-20-8-4-2-5-17(16)20/h1-8,15H,9-14H2,(H2,23,28)(H,24,27). The van der Waals surface area contributed by atoms with E-state index in [0.717, 1.165) is 32.7 Å². The first kappa shape index (κ1) is 19.6. The van der Waals surface area contributed by atoms with Crippen LogP contribution in [-0.4, -0.2) is 54.3 Å². The number of hydrogen-bond donors (Lipinski definition) is 2. The molecule has 0 radical (unpaired) electrons. The van der Waals surface area contributed by atoms with Gasteiger partial charge in [0.1, 0.15) is 0 Å². The minimum Gasteiger partial charge on any atom is -0.366 e. The fraction of sp³-hybridized carbons (Fsp3) is 0.273. The van der Waals surface area contributed by atoms with Crippen molar-refractivity contribution in [3.05, 3.63) is 65.0 Å². The molecule has 4 rings (SSSR count). The molecule has 1 fully saturated rings. The number of nitrogens with one attached hydrogen (secondary N) is 1. The van der Waals surface area contributed by atoms with E-state index in [4.69, 9.17) is 5.73 Å². The molecule has 1 saturated heterocycles. The van der Waals surface area contributed by atoms with Crippen molar-refractivity contribution in [2.45, 2.75) is 6.54 Å². The lowest BCUT2D eigenvalue weighted by atomic mass is 10.1. The summed E-state index contributed by atoms with van der Waals surface area (Å²) in [6, 6.07) is 15.3. The highest BCUT2D eigenvalue weighted by Gasteiger charge is 2.20. The second kappa shape index (κ2) is 8.73. The Morgan fingerprint density at radius 3 is 2.45 bits per heavy atom. The highest BCUT2D eigenvalue weighted by Crippen LogP contribution is 2.27. The number of primary amides is 1. The van der Waals surface area contributed by atoms with E-state index in [0.29, 0.717) is 17.8 Å². The predicted molar refractivity (Wildman–Crippen MR) is 117 cm³/mol. The molecule has 0 bridgehead atoms. The third kappa shape index (κ3) is 4.64. The van der Waals surface area contributed by atoms with Gasteiger partial charge in [0.2, 0.25) is 5.91 Å². The molecule has 0 spiro atoms. The molecule has 150 valence electrons. The van der Waals surface area contributed by atoms with Gasteiger partial charge in [0.05, 0.1) is 17.8 Å². The molecule has 29 heavy (non-hydrogen) atoms. The second-order valence-electron chi connectivity index (χ2n) is 7.27. The molecule has 1 aliphatic rings. The smallest absolute Gasteiger partial charge is 0.250 e. The van der Waals surface area contributed by atoms with Crippen LogP contribution in [0.5, 0.6) is 0 Å². The lowest BCUT2D eigenvalue weighted by molar-refractivity contribution is -0.117. The van der Waals surface area contributed by atoms with Crippen LogP contribution >= 0.6 is 11.3 Å². The summed E-state index contributed by atoms with van der Waals surface area (Å²) in [4.78, 5) is 28.5. The van der Waals surface area contributed by atoms with Gasteiger partial charge < -0.3 is 11.1 Å². The first-order chi connectivity index (χ1) is 14.1. The molecular weight excluding hydrogens is 384 g/mol. The van der Waals surface area contributed by atoms with E-state index >= 15 is 0 Å². The van der Waals surface area contributed by atoms with Crippen LogP contribution < -0.4 is 11.1 Å². The SMILES string of the molecule is NC(=O)c1ccccc1NC(=O)CN1CCN(Cc2csc3ccccc23)CC1. The van der Waals surface area contributed by atoms with E-state index in [-0.39, 0.29) is 5.91 Å². The van der Waals surface area contributed by atoms with Crippen molar-refractivity contribution in [3.63, 3.8) is 0 Å². The first-order valence-electron chi connectivity index (χ1n) is 9.68. The summed E-state index contributed by atoms with van der Waals surface area (Å²) in [5.74, 6) is -0.675. The van der Waals surface area contributed by atoms with E-state index < -0.39 is 5.91 Å². The normalized spacial score (nSPS) is 15.4. The maximum absolute atomic E-state index is 12.4. The van der Waals surface area contributed by atoms with Crippen molar-refractivity contribution in [2.24, 2.45) is 5.73 Å². The van der Waals surface area contributed by atoms with E-state index in [1.54, 1.807) is 35.6 Å².